The van der Waals surface area contributed by atoms with Crippen LogP contribution >= 0.6 is 0 Å². The zero-order valence-corrected chi connectivity index (χ0v) is 9.73. The molecule has 6 heteroatoms. The van der Waals surface area contributed by atoms with Gasteiger partial charge in [0.15, 0.2) is 5.82 Å². The third-order valence-electron chi connectivity index (χ3n) is 1.73. The van der Waals surface area contributed by atoms with E-state index in [1.54, 1.807) is 13.8 Å². The molecule has 0 unspecified atom stereocenters. The van der Waals surface area contributed by atoms with Crippen molar-refractivity contribution in [2.75, 3.05) is 5.73 Å². The molecular weight excluding hydrogens is 208 g/mol. The molecule has 0 aliphatic rings. The molecule has 0 aromatic carbocycles. The molecule has 88 valence electrons. The van der Waals surface area contributed by atoms with Crippen molar-refractivity contribution in [3.63, 3.8) is 0 Å². The normalized spacial score (nSPS) is 10.5. The van der Waals surface area contributed by atoms with E-state index in [9.17, 15) is 4.79 Å². The maximum Gasteiger partial charge on any atom is 0.363 e. The predicted octanol–water partition coefficient (Wildman–Crippen LogP) is 1.00. The molecule has 1 aromatic rings. The van der Waals surface area contributed by atoms with Crippen molar-refractivity contribution in [3.8, 4) is 0 Å². The van der Waals surface area contributed by atoms with E-state index < -0.39 is 5.97 Å². The van der Waals surface area contributed by atoms with Crippen LogP contribution in [0, 0.1) is 0 Å². The Morgan fingerprint density at radius 3 is 2.75 bits per heavy atom. The first kappa shape index (κ1) is 12.2. The van der Waals surface area contributed by atoms with E-state index in [0.717, 1.165) is 5.57 Å². The Labute approximate surface area is 94.1 Å². The lowest BCUT2D eigenvalue weighted by atomic mass is 10.3. The fraction of sp³-hybridized carbons (Fsp3) is 0.500. The van der Waals surface area contributed by atoms with Crippen LogP contribution in [-0.4, -0.2) is 27.1 Å². The second-order valence-corrected chi connectivity index (χ2v) is 3.89. The van der Waals surface area contributed by atoms with Crippen LogP contribution in [0.25, 0.3) is 0 Å². The van der Waals surface area contributed by atoms with Crippen molar-refractivity contribution in [2.45, 2.75) is 33.4 Å². The highest BCUT2D eigenvalue weighted by Gasteiger charge is 2.19. The average Bonchev–Trinajstić information content (AvgIpc) is 2.46. The lowest BCUT2D eigenvalue weighted by molar-refractivity contribution is 0.0372. The molecule has 1 heterocycles. The molecule has 0 saturated heterocycles. The van der Waals surface area contributed by atoms with E-state index >= 15 is 0 Å². The maximum absolute atomic E-state index is 11.5. The van der Waals surface area contributed by atoms with Crippen LogP contribution < -0.4 is 5.73 Å². The van der Waals surface area contributed by atoms with Gasteiger partial charge in [0.2, 0.25) is 5.69 Å². The number of anilines is 1. The highest BCUT2D eigenvalue weighted by atomic mass is 16.5. The number of hydrogen-bond acceptors (Lipinski definition) is 5. The van der Waals surface area contributed by atoms with Gasteiger partial charge in [0, 0.05) is 0 Å². The molecule has 0 aliphatic heterocycles. The van der Waals surface area contributed by atoms with E-state index in [0.29, 0.717) is 6.54 Å². The van der Waals surface area contributed by atoms with Gasteiger partial charge in [0.05, 0.1) is 12.6 Å². The fourth-order valence-corrected chi connectivity index (χ4v) is 1.11. The Morgan fingerprint density at radius 2 is 2.25 bits per heavy atom. The summed E-state index contributed by atoms with van der Waals surface area (Å²) < 4.78 is 6.39. The van der Waals surface area contributed by atoms with Crippen molar-refractivity contribution >= 4 is 11.8 Å². The van der Waals surface area contributed by atoms with Gasteiger partial charge in [-0.15, -0.1) is 5.10 Å². The van der Waals surface area contributed by atoms with Crippen LogP contribution in [0.4, 0.5) is 5.82 Å². The molecule has 0 spiro atoms. The summed E-state index contributed by atoms with van der Waals surface area (Å²) in [6, 6.07) is 0. The second-order valence-electron chi connectivity index (χ2n) is 3.89. The standard InChI is InChI=1S/C10H16N4O2/c1-6(2)5-14-9(11)8(12-13-14)10(15)16-7(3)4/h7H,1,5,11H2,2-4H3. The van der Waals surface area contributed by atoms with Gasteiger partial charge in [-0.1, -0.05) is 17.4 Å². The smallest absolute Gasteiger partial charge is 0.363 e. The topological polar surface area (TPSA) is 83.0 Å². The number of rotatable bonds is 4. The number of allylic oxidation sites excluding steroid dienone is 1. The molecule has 16 heavy (non-hydrogen) atoms. The molecule has 0 bridgehead atoms. The van der Waals surface area contributed by atoms with E-state index in [4.69, 9.17) is 10.5 Å². The van der Waals surface area contributed by atoms with Crippen LogP contribution in [0.1, 0.15) is 31.3 Å². The third-order valence-corrected chi connectivity index (χ3v) is 1.73. The van der Waals surface area contributed by atoms with E-state index in [1.165, 1.54) is 4.68 Å². The summed E-state index contributed by atoms with van der Waals surface area (Å²) >= 11 is 0. The fourth-order valence-electron chi connectivity index (χ4n) is 1.11. The summed E-state index contributed by atoms with van der Waals surface area (Å²) in [5.74, 6) is -0.353. The number of aromatic nitrogens is 3. The van der Waals surface area contributed by atoms with Crippen molar-refractivity contribution in [3.05, 3.63) is 17.8 Å². The summed E-state index contributed by atoms with van der Waals surface area (Å²) in [5, 5.41) is 7.46. The number of ether oxygens (including phenoxy) is 1. The Hall–Kier alpha value is -1.85. The van der Waals surface area contributed by atoms with Gasteiger partial charge in [0.25, 0.3) is 0 Å². The van der Waals surface area contributed by atoms with Crippen LogP contribution in [0.15, 0.2) is 12.2 Å². The first-order valence-electron chi connectivity index (χ1n) is 4.96. The Morgan fingerprint density at radius 1 is 1.62 bits per heavy atom. The number of esters is 1. The van der Waals surface area contributed by atoms with Gasteiger partial charge >= 0.3 is 5.97 Å². The quantitative estimate of drug-likeness (QED) is 0.609. The summed E-state index contributed by atoms with van der Waals surface area (Å²) in [7, 11) is 0. The molecule has 1 rings (SSSR count). The summed E-state index contributed by atoms with van der Waals surface area (Å²) in [6.07, 6.45) is -0.210. The van der Waals surface area contributed by atoms with Gasteiger partial charge in [0.1, 0.15) is 0 Å². The lowest BCUT2D eigenvalue weighted by Crippen LogP contribution is -2.14. The number of carbonyl (C=O) groups excluding carboxylic acids is 1. The number of nitrogens with two attached hydrogens (primary N) is 1. The number of hydrogen-bond donors (Lipinski definition) is 1. The zero-order chi connectivity index (χ0) is 12.3. The summed E-state index contributed by atoms with van der Waals surface area (Å²) in [5.41, 5.74) is 6.65. The van der Waals surface area contributed by atoms with Crippen LogP contribution in [0.5, 0.6) is 0 Å². The predicted molar refractivity (Wildman–Crippen MR) is 59.8 cm³/mol. The van der Waals surface area contributed by atoms with Crippen molar-refractivity contribution in [1.29, 1.82) is 0 Å². The molecule has 2 N–H and O–H groups in total. The first-order valence-corrected chi connectivity index (χ1v) is 4.96. The van der Waals surface area contributed by atoms with Gasteiger partial charge in [-0.25, -0.2) is 9.48 Å². The molecule has 6 nitrogen and oxygen atoms in total. The number of nitrogen functional groups attached to an aromatic ring is 1. The first-order chi connectivity index (χ1) is 7.41. The monoisotopic (exact) mass is 224 g/mol. The highest BCUT2D eigenvalue weighted by molar-refractivity contribution is 5.91. The molecule has 0 saturated carbocycles. The second kappa shape index (κ2) is 4.78. The van der Waals surface area contributed by atoms with Gasteiger partial charge < -0.3 is 10.5 Å². The minimum absolute atomic E-state index is 0.0509. The van der Waals surface area contributed by atoms with E-state index in [2.05, 4.69) is 16.9 Å². The van der Waals surface area contributed by atoms with Crippen molar-refractivity contribution < 1.29 is 9.53 Å². The Balaban J connectivity index is 2.87. The summed E-state index contributed by atoms with van der Waals surface area (Å²) in [4.78, 5) is 11.5. The molecule has 0 fully saturated rings. The molecule has 0 radical (unpaired) electrons. The Kier molecular flexibility index (Phi) is 3.65. The minimum Gasteiger partial charge on any atom is -0.458 e. The molecular formula is C10H16N4O2. The largest absolute Gasteiger partial charge is 0.458 e. The van der Waals surface area contributed by atoms with E-state index in [-0.39, 0.29) is 17.6 Å². The van der Waals surface area contributed by atoms with Crippen molar-refractivity contribution in [2.24, 2.45) is 0 Å². The van der Waals surface area contributed by atoms with Crippen LogP contribution in [0.3, 0.4) is 0 Å². The highest BCUT2D eigenvalue weighted by Crippen LogP contribution is 2.11. The number of carbonyl (C=O) groups is 1. The van der Waals surface area contributed by atoms with Gasteiger partial charge in [-0.2, -0.15) is 0 Å². The van der Waals surface area contributed by atoms with Crippen LogP contribution in [0.2, 0.25) is 0 Å². The van der Waals surface area contributed by atoms with Gasteiger partial charge in [-0.05, 0) is 20.8 Å². The maximum atomic E-state index is 11.5. The van der Waals surface area contributed by atoms with Crippen LogP contribution in [-0.2, 0) is 11.3 Å². The molecule has 0 aliphatic carbocycles. The molecule has 0 atom stereocenters. The summed E-state index contributed by atoms with van der Waals surface area (Å²) in [6.45, 7) is 9.53. The SMILES string of the molecule is C=C(C)Cn1nnc(C(=O)OC(C)C)c1N. The molecule has 0 amide bonds. The number of nitrogens with zero attached hydrogens (tertiary/aromatic N) is 3. The Bertz CT molecular complexity index is 409. The average molecular weight is 224 g/mol. The van der Waals surface area contributed by atoms with Gasteiger partial charge in [-0.3, -0.25) is 0 Å². The molecule has 1 aromatic heterocycles. The lowest BCUT2D eigenvalue weighted by Gasteiger charge is -2.06. The minimum atomic E-state index is -0.555. The zero-order valence-electron chi connectivity index (χ0n) is 9.73. The third kappa shape index (κ3) is 2.82. The van der Waals surface area contributed by atoms with Crippen molar-refractivity contribution in [1.82, 2.24) is 15.0 Å². The van der Waals surface area contributed by atoms with E-state index in [1.807, 2.05) is 6.92 Å².